The van der Waals surface area contributed by atoms with Gasteiger partial charge in [0.25, 0.3) is 0 Å². The molecule has 0 amide bonds. The fourth-order valence-corrected chi connectivity index (χ4v) is 1.95. The van der Waals surface area contributed by atoms with Gasteiger partial charge in [-0.05, 0) is 43.4 Å². The maximum absolute atomic E-state index is 11.2. The third-order valence-electron chi connectivity index (χ3n) is 2.93. The minimum atomic E-state index is -0.225. The van der Waals surface area contributed by atoms with E-state index < -0.39 is 0 Å². The van der Waals surface area contributed by atoms with Crippen LogP contribution in [-0.4, -0.2) is 5.24 Å². The maximum Gasteiger partial charge on any atom is 0.228 e. The van der Waals surface area contributed by atoms with Gasteiger partial charge < -0.3 is 0 Å². The Morgan fingerprint density at radius 3 is 2.36 bits per heavy atom. The summed E-state index contributed by atoms with van der Waals surface area (Å²) in [6.45, 7) is 2.06. The molecular weight excluding hydrogens is 196 g/mol. The van der Waals surface area contributed by atoms with Gasteiger partial charge in [0.05, 0.1) is 0 Å². The Labute approximate surface area is 89.1 Å². The summed E-state index contributed by atoms with van der Waals surface area (Å²) in [6, 6.07) is 8.30. The molecule has 1 aliphatic rings. The summed E-state index contributed by atoms with van der Waals surface area (Å²) in [7, 11) is 0. The van der Waals surface area contributed by atoms with Gasteiger partial charge in [-0.15, -0.1) is 0 Å². The average Bonchev–Trinajstić information content (AvgIpc) is 2.90. The highest BCUT2D eigenvalue weighted by molar-refractivity contribution is 6.65. The molecule has 1 aromatic carbocycles. The van der Waals surface area contributed by atoms with E-state index in [9.17, 15) is 4.79 Å². The molecule has 0 radical (unpaired) electrons. The summed E-state index contributed by atoms with van der Waals surface area (Å²) in [5.41, 5.74) is 2.23. The number of carbonyl (C=O) groups is 1. The van der Waals surface area contributed by atoms with Crippen LogP contribution >= 0.6 is 11.6 Å². The summed E-state index contributed by atoms with van der Waals surface area (Å²) in [4.78, 5) is 11.2. The fraction of sp³-hybridized carbons (Fsp3) is 0.417. The molecule has 1 aromatic rings. The summed E-state index contributed by atoms with van der Waals surface area (Å²) in [5.74, 6) is 0. The highest BCUT2D eigenvalue weighted by Gasteiger charge is 2.48. The Kier molecular flexibility index (Phi) is 2.36. The first kappa shape index (κ1) is 9.72. The Morgan fingerprint density at radius 1 is 1.36 bits per heavy atom. The molecule has 0 saturated heterocycles. The molecule has 0 bridgehead atoms. The molecule has 0 N–H and O–H groups in total. The zero-order valence-electron chi connectivity index (χ0n) is 8.22. The van der Waals surface area contributed by atoms with Crippen molar-refractivity contribution in [1.82, 2.24) is 0 Å². The van der Waals surface area contributed by atoms with Crippen molar-refractivity contribution in [2.45, 2.75) is 26.2 Å². The lowest BCUT2D eigenvalue weighted by molar-refractivity contribution is -0.116. The highest BCUT2D eigenvalue weighted by atomic mass is 35.5. The van der Waals surface area contributed by atoms with E-state index in [4.69, 9.17) is 11.6 Å². The van der Waals surface area contributed by atoms with Crippen LogP contribution in [0.15, 0.2) is 24.3 Å². The Balaban J connectivity index is 2.11. The van der Waals surface area contributed by atoms with Gasteiger partial charge in [0, 0.05) is 5.41 Å². The number of carbonyl (C=O) groups excluding carboxylic acids is 1. The largest absolute Gasteiger partial charge is 0.281 e. The van der Waals surface area contributed by atoms with Crippen molar-refractivity contribution in [2.75, 3.05) is 0 Å². The van der Waals surface area contributed by atoms with E-state index in [0.717, 1.165) is 19.3 Å². The van der Waals surface area contributed by atoms with Gasteiger partial charge in [0.15, 0.2) is 0 Å². The van der Waals surface area contributed by atoms with E-state index in [1.807, 2.05) is 0 Å². The van der Waals surface area contributed by atoms with Crippen LogP contribution in [0.5, 0.6) is 0 Å². The standard InChI is InChI=1S/C12H13ClO/c1-9-2-4-10(5-3-9)8-12(6-7-12)11(13)14/h2-5H,6-8H2,1H3. The molecule has 0 aliphatic heterocycles. The molecule has 14 heavy (non-hydrogen) atoms. The number of rotatable bonds is 3. The summed E-state index contributed by atoms with van der Waals surface area (Å²) < 4.78 is 0. The molecular formula is C12H13ClO. The predicted molar refractivity (Wildman–Crippen MR) is 57.4 cm³/mol. The van der Waals surface area contributed by atoms with Gasteiger partial charge in [-0.2, -0.15) is 0 Å². The van der Waals surface area contributed by atoms with Crippen LogP contribution in [0.4, 0.5) is 0 Å². The first-order valence-electron chi connectivity index (χ1n) is 4.88. The lowest BCUT2D eigenvalue weighted by atomic mass is 9.97. The number of hydrogen-bond donors (Lipinski definition) is 0. The van der Waals surface area contributed by atoms with Crippen molar-refractivity contribution in [3.63, 3.8) is 0 Å². The van der Waals surface area contributed by atoms with Gasteiger partial charge >= 0.3 is 0 Å². The SMILES string of the molecule is Cc1ccc(CC2(C(=O)Cl)CC2)cc1. The second-order valence-electron chi connectivity index (χ2n) is 4.22. The van der Waals surface area contributed by atoms with Gasteiger partial charge in [-0.1, -0.05) is 29.8 Å². The lowest BCUT2D eigenvalue weighted by Crippen LogP contribution is -2.12. The van der Waals surface area contributed by atoms with E-state index in [-0.39, 0.29) is 10.7 Å². The van der Waals surface area contributed by atoms with Crippen molar-refractivity contribution in [3.05, 3.63) is 35.4 Å². The normalized spacial score (nSPS) is 17.9. The second kappa shape index (κ2) is 3.39. The molecule has 0 atom stereocenters. The quantitative estimate of drug-likeness (QED) is 0.698. The second-order valence-corrected chi connectivity index (χ2v) is 4.56. The molecule has 1 aliphatic carbocycles. The molecule has 2 heteroatoms. The minimum absolute atomic E-state index is 0.168. The smallest absolute Gasteiger partial charge is 0.228 e. The zero-order chi connectivity index (χ0) is 10.2. The summed E-state index contributed by atoms with van der Waals surface area (Å²) in [6.07, 6.45) is 2.70. The highest BCUT2D eigenvalue weighted by Crippen LogP contribution is 2.50. The molecule has 2 rings (SSSR count). The molecule has 0 heterocycles. The van der Waals surface area contributed by atoms with E-state index in [1.165, 1.54) is 11.1 Å². The molecule has 0 unspecified atom stereocenters. The number of benzene rings is 1. The number of halogens is 1. The first-order chi connectivity index (χ1) is 6.62. The van der Waals surface area contributed by atoms with Crippen LogP contribution < -0.4 is 0 Å². The fourth-order valence-electron chi connectivity index (χ4n) is 1.69. The third kappa shape index (κ3) is 1.83. The van der Waals surface area contributed by atoms with Crippen molar-refractivity contribution in [1.29, 1.82) is 0 Å². The van der Waals surface area contributed by atoms with Crippen molar-refractivity contribution < 1.29 is 4.79 Å². The van der Waals surface area contributed by atoms with E-state index in [0.29, 0.717) is 0 Å². The van der Waals surface area contributed by atoms with Crippen LogP contribution in [0.1, 0.15) is 24.0 Å². The molecule has 74 valence electrons. The summed E-state index contributed by atoms with van der Waals surface area (Å²) >= 11 is 5.57. The monoisotopic (exact) mass is 208 g/mol. The molecule has 0 aromatic heterocycles. The van der Waals surface area contributed by atoms with Gasteiger partial charge in [0.2, 0.25) is 5.24 Å². The minimum Gasteiger partial charge on any atom is -0.281 e. The molecule has 1 nitrogen and oxygen atoms in total. The summed E-state index contributed by atoms with van der Waals surface area (Å²) in [5, 5.41) is -0.168. The molecule has 0 spiro atoms. The van der Waals surface area contributed by atoms with Crippen LogP contribution in [-0.2, 0) is 11.2 Å². The Morgan fingerprint density at radius 2 is 1.93 bits per heavy atom. The van der Waals surface area contributed by atoms with Crippen molar-refractivity contribution in [2.24, 2.45) is 5.41 Å². The molecule has 1 fully saturated rings. The lowest BCUT2D eigenvalue weighted by Gasteiger charge is -2.09. The predicted octanol–water partition coefficient (Wildman–Crippen LogP) is 3.08. The van der Waals surface area contributed by atoms with Crippen LogP contribution in [0.25, 0.3) is 0 Å². The molecule has 1 saturated carbocycles. The number of aryl methyl sites for hydroxylation is 1. The number of hydrogen-bond acceptors (Lipinski definition) is 1. The third-order valence-corrected chi connectivity index (χ3v) is 3.33. The maximum atomic E-state index is 11.2. The van der Waals surface area contributed by atoms with Crippen molar-refractivity contribution in [3.8, 4) is 0 Å². The van der Waals surface area contributed by atoms with Crippen molar-refractivity contribution >= 4 is 16.8 Å². The van der Waals surface area contributed by atoms with Gasteiger partial charge in [0.1, 0.15) is 0 Å². The van der Waals surface area contributed by atoms with Gasteiger partial charge in [-0.25, -0.2) is 0 Å². The average molecular weight is 209 g/mol. The van der Waals surface area contributed by atoms with E-state index in [1.54, 1.807) is 0 Å². The zero-order valence-corrected chi connectivity index (χ0v) is 8.97. The topological polar surface area (TPSA) is 17.1 Å². The van der Waals surface area contributed by atoms with E-state index in [2.05, 4.69) is 31.2 Å². The van der Waals surface area contributed by atoms with E-state index >= 15 is 0 Å². The Hall–Kier alpha value is -0.820. The van der Waals surface area contributed by atoms with Gasteiger partial charge in [-0.3, -0.25) is 4.79 Å². The van der Waals surface area contributed by atoms with Crippen LogP contribution in [0.3, 0.4) is 0 Å². The van der Waals surface area contributed by atoms with Crippen LogP contribution in [0.2, 0.25) is 0 Å². The van der Waals surface area contributed by atoms with Crippen LogP contribution in [0, 0.1) is 12.3 Å². The first-order valence-corrected chi connectivity index (χ1v) is 5.26. The Bertz CT molecular complexity index is 349.